The lowest BCUT2D eigenvalue weighted by molar-refractivity contribution is -0.269. The first-order chi connectivity index (χ1) is 18.6. The number of benzene rings is 3. The smallest absolute Gasteiger partial charge is 0.343 e. The van der Waals surface area contributed by atoms with E-state index in [1.807, 2.05) is 0 Å². The number of hydrogen-bond donors (Lipinski definition) is 2. The predicted molar refractivity (Wildman–Crippen MR) is 143 cm³/mol. The lowest BCUT2D eigenvalue weighted by Crippen LogP contribution is -2.42. The Morgan fingerprint density at radius 3 is 2.31 bits per heavy atom. The van der Waals surface area contributed by atoms with Crippen LogP contribution < -0.4 is 10.8 Å². The maximum Gasteiger partial charge on any atom is 0.428 e. The number of amides is 2. The Kier molecular flexibility index (Phi) is 7.50. The standard InChI is InChI=1S/C28H24Cl2F3N3O3/c29-18-12-17(13-19(30)14-18)27(28(31,32)33)15-24(35-39-27)22-8-9-23(21-7-3-2-6-20(21)22)26(38)34-16-25(37)36-10-4-1-5-11-36/h2-3,6-9,12-15,35H,1,4-5,10-11,16H2,(H,34,38). The second kappa shape index (κ2) is 10.7. The lowest BCUT2D eigenvalue weighted by atomic mass is 9.90. The minimum absolute atomic E-state index is 0.0335. The van der Waals surface area contributed by atoms with Gasteiger partial charge in [0.15, 0.2) is 0 Å². The number of carbonyl (C=O) groups is 2. The summed E-state index contributed by atoms with van der Waals surface area (Å²) in [4.78, 5) is 32.5. The van der Waals surface area contributed by atoms with Crippen LogP contribution in [0.4, 0.5) is 13.2 Å². The van der Waals surface area contributed by atoms with Crippen molar-refractivity contribution in [3.8, 4) is 0 Å². The zero-order valence-electron chi connectivity index (χ0n) is 20.6. The first-order valence-corrected chi connectivity index (χ1v) is 13.1. The molecule has 0 aliphatic carbocycles. The van der Waals surface area contributed by atoms with E-state index in [0.717, 1.165) is 37.5 Å². The first kappa shape index (κ1) is 27.3. The van der Waals surface area contributed by atoms with Gasteiger partial charge in [-0.15, -0.1) is 0 Å². The van der Waals surface area contributed by atoms with Crippen LogP contribution in [0, 0.1) is 0 Å². The van der Waals surface area contributed by atoms with Gasteiger partial charge in [-0.25, -0.2) is 0 Å². The van der Waals surface area contributed by atoms with Crippen molar-refractivity contribution >= 4 is 51.5 Å². The SMILES string of the molecule is O=C(NCC(=O)N1CCCCC1)c1ccc(C2=CC(c3cc(Cl)cc(Cl)c3)(C(F)(F)F)ON2)c2ccccc12. The number of piperidine rings is 1. The highest BCUT2D eigenvalue weighted by Crippen LogP contribution is 2.48. The average Bonchev–Trinajstić information content (AvgIpc) is 3.38. The molecule has 2 amide bonds. The van der Waals surface area contributed by atoms with Gasteiger partial charge in [0.25, 0.3) is 5.91 Å². The van der Waals surface area contributed by atoms with Crippen LogP contribution in [0.3, 0.4) is 0 Å². The molecule has 11 heteroatoms. The lowest BCUT2D eigenvalue weighted by Gasteiger charge is -2.28. The average molecular weight is 578 g/mol. The van der Waals surface area contributed by atoms with Gasteiger partial charge in [0, 0.05) is 39.8 Å². The molecule has 0 spiro atoms. The number of rotatable bonds is 5. The van der Waals surface area contributed by atoms with Crippen molar-refractivity contribution in [1.29, 1.82) is 0 Å². The Bertz CT molecular complexity index is 1450. The van der Waals surface area contributed by atoms with E-state index in [-0.39, 0.29) is 33.8 Å². The third kappa shape index (κ3) is 5.31. The Hall–Kier alpha value is -3.27. The topological polar surface area (TPSA) is 70.7 Å². The number of nitrogens with zero attached hydrogens (tertiary/aromatic N) is 1. The van der Waals surface area contributed by atoms with Gasteiger partial charge in [0.2, 0.25) is 11.5 Å². The van der Waals surface area contributed by atoms with Gasteiger partial charge in [0.05, 0.1) is 12.2 Å². The molecule has 2 N–H and O–H groups in total. The molecule has 6 nitrogen and oxygen atoms in total. The fraction of sp³-hybridized carbons (Fsp3) is 0.286. The number of carbonyl (C=O) groups excluding carboxylic acids is 2. The van der Waals surface area contributed by atoms with Crippen molar-refractivity contribution in [3.05, 3.63) is 87.4 Å². The van der Waals surface area contributed by atoms with Crippen LogP contribution in [0.1, 0.15) is 40.7 Å². The van der Waals surface area contributed by atoms with E-state index in [9.17, 15) is 22.8 Å². The molecule has 3 aromatic carbocycles. The maximum atomic E-state index is 14.4. The molecule has 1 unspecified atom stereocenters. The molecule has 39 heavy (non-hydrogen) atoms. The highest BCUT2D eigenvalue weighted by Gasteiger charge is 2.59. The van der Waals surface area contributed by atoms with Crippen LogP contribution in [-0.4, -0.2) is 42.5 Å². The second-order valence-corrected chi connectivity index (χ2v) is 10.4. The number of likely N-dealkylation sites (tertiary alicyclic amines) is 1. The normalized spacial score (nSPS) is 19.5. The van der Waals surface area contributed by atoms with Gasteiger partial charge in [-0.2, -0.15) is 13.2 Å². The molecule has 5 rings (SSSR count). The molecule has 204 valence electrons. The van der Waals surface area contributed by atoms with Crippen LogP contribution in [-0.2, 0) is 15.2 Å². The van der Waals surface area contributed by atoms with Crippen LogP contribution in [0.2, 0.25) is 10.0 Å². The number of halogens is 5. The summed E-state index contributed by atoms with van der Waals surface area (Å²) in [5.74, 6) is -0.600. The summed E-state index contributed by atoms with van der Waals surface area (Å²) >= 11 is 12.0. The monoisotopic (exact) mass is 577 g/mol. The van der Waals surface area contributed by atoms with Gasteiger partial charge in [0.1, 0.15) is 0 Å². The molecule has 2 aliphatic heterocycles. The summed E-state index contributed by atoms with van der Waals surface area (Å²) in [7, 11) is 0. The quantitative estimate of drug-likeness (QED) is 0.377. The maximum absolute atomic E-state index is 14.4. The molecule has 0 saturated carbocycles. The summed E-state index contributed by atoms with van der Waals surface area (Å²) in [5, 5.41) is 3.79. The third-order valence-electron chi connectivity index (χ3n) is 6.95. The number of alkyl halides is 3. The van der Waals surface area contributed by atoms with Crippen molar-refractivity contribution in [1.82, 2.24) is 15.7 Å². The van der Waals surface area contributed by atoms with Crippen molar-refractivity contribution < 1.29 is 27.6 Å². The molecule has 0 aromatic heterocycles. The molecule has 0 bridgehead atoms. The number of nitrogens with one attached hydrogen (secondary N) is 2. The van der Waals surface area contributed by atoms with Gasteiger partial charge < -0.3 is 10.2 Å². The molecule has 2 aliphatic rings. The zero-order chi connectivity index (χ0) is 27.8. The highest BCUT2D eigenvalue weighted by molar-refractivity contribution is 6.34. The molecular weight excluding hydrogens is 554 g/mol. The highest BCUT2D eigenvalue weighted by atomic mass is 35.5. The molecule has 0 radical (unpaired) electrons. The number of fused-ring (bicyclic) bond motifs is 1. The molecule has 2 heterocycles. The Morgan fingerprint density at radius 1 is 0.974 bits per heavy atom. The van der Waals surface area contributed by atoms with E-state index in [0.29, 0.717) is 35.0 Å². The predicted octanol–water partition coefficient (Wildman–Crippen LogP) is 6.22. The van der Waals surface area contributed by atoms with E-state index in [4.69, 9.17) is 28.0 Å². The Labute approximate surface area is 232 Å². The minimum atomic E-state index is -4.85. The largest absolute Gasteiger partial charge is 0.428 e. The van der Waals surface area contributed by atoms with Gasteiger partial charge in [-0.3, -0.25) is 19.9 Å². The Morgan fingerprint density at radius 2 is 1.64 bits per heavy atom. The number of hydroxylamine groups is 1. The van der Waals surface area contributed by atoms with Crippen LogP contribution >= 0.6 is 23.2 Å². The van der Waals surface area contributed by atoms with E-state index in [2.05, 4.69) is 10.8 Å². The minimum Gasteiger partial charge on any atom is -0.343 e. The van der Waals surface area contributed by atoms with E-state index in [1.54, 1.807) is 35.2 Å². The van der Waals surface area contributed by atoms with Crippen LogP contribution in [0.25, 0.3) is 16.5 Å². The summed E-state index contributed by atoms with van der Waals surface area (Å²) in [6, 6.07) is 13.5. The molecule has 1 saturated heterocycles. The van der Waals surface area contributed by atoms with Gasteiger partial charge in [-0.05, 0) is 60.4 Å². The van der Waals surface area contributed by atoms with Crippen LogP contribution in [0.5, 0.6) is 0 Å². The van der Waals surface area contributed by atoms with E-state index >= 15 is 0 Å². The van der Waals surface area contributed by atoms with Gasteiger partial charge >= 0.3 is 6.18 Å². The summed E-state index contributed by atoms with van der Waals surface area (Å²) in [6.07, 6.45) is -0.944. The fourth-order valence-electron chi connectivity index (χ4n) is 4.98. The molecule has 3 aromatic rings. The molecule has 1 fully saturated rings. The van der Waals surface area contributed by atoms with Crippen LogP contribution in [0.15, 0.2) is 60.7 Å². The number of hydrogen-bond acceptors (Lipinski definition) is 4. The molecule has 1 atom stereocenters. The zero-order valence-corrected chi connectivity index (χ0v) is 22.1. The fourth-order valence-corrected chi connectivity index (χ4v) is 5.51. The second-order valence-electron chi connectivity index (χ2n) is 9.48. The van der Waals surface area contributed by atoms with Crippen molar-refractivity contribution in [2.24, 2.45) is 0 Å². The van der Waals surface area contributed by atoms with Crippen molar-refractivity contribution in [3.63, 3.8) is 0 Å². The first-order valence-electron chi connectivity index (χ1n) is 12.4. The van der Waals surface area contributed by atoms with Crippen molar-refractivity contribution in [2.45, 2.75) is 31.0 Å². The van der Waals surface area contributed by atoms with Crippen molar-refractivity contribution in [2.75, 3.05) is 19.6 Å². The van der Waals surface area contributed by atoms with E-state index in [1.165, 1.54) is 12.1 Å². The van der Waals surface area contributed by atoms with Gasteiger partial charge in [-0.1, -0.05) is 53.5 Å². The Balaban J connectivity index is 1.48. The third-order valence-corrected chi connectivity index (χ3v) is 7.39. The summed E-state index contributed by atoms with van der Waals surface area (Å²) < 4.78 is 43.3. The van der Waals surface area contributed by atoms with E-state index < -0.39 is 17.7 Å². The summed E-state index contributed by atoms with van der Waals surface area (Å²) in [6.45, 7) is 1.22. The molecular formula is C28H24Cl2F3N3O3. The summed E-state index contributed by atoms with van der Waals surface area (Å²) in [5.41, 5.74) is 0.0528.